The minimum absolute atomic E-state index is 0.103. The maximum Gasteiger partial charge on any atom is 0.230 e. The Morgan fingerprint density at radius 2 is 2.17 bits per heavy atom. The van der Waals surface area contributed by atoms with Crippen LogP contribution >= 0.6 is 0 Å². The smallest absolute Gasteiger partial charge is 0.230 e. The molecule has 0 bridgehead atoms. The highest BCUT2D eigenvalue weighted by atomic mass is 16.2. The van der Waals surface area contributed by atoms with Crippen LogP contribution in [0.1, 0.15) is 58.8 Å². The standard InChI is InChI=1S/C15H28N2O/c1-3-5-11-17(13-7-8-13)14(18)15(4-2)9-6-10-16-12-15/h13,16H,3-12H2,1-2H3. The molecule has 2 aliphatic rings. The maximum atomic E-state index is 12.9. The fraction of sp³-hybridized carbons (Fsp3) is 0.933. The van der Waals surface area contributed by atoms with Gasteiger partial charge in [0.1, 0.15) is 0 Å². The second-order valence-electron chi connectivity index (χ2n) is 6.00. The predicted octanol–water partition coefficient (Wildman–Crippen LogP) is 2.56. The van der Waals surface area contributed by atoms with Crippen molar-refractivity contribution >= 4 is 5.91 Å². The van der Waals surface area contributed by atoms with Crippen LogP contribution in [0.25, 0.3) is 0 Å². The van der Waals surface area contributed by atoms with Gasteiger partial charge in [-0.05, 0) is 45.1 Å². The molecule has 0 aromatic rings. The second kappa shape index (κ2) is 6.05. The number of carbonyl (C=O) groups is 1. The molecule has 1 saturated heterocycles. The molecule has 2 rings (SSSR count). The van der Waals surface area contributed by atoms with Gasteiger partial charge in [-0.2, -0.15) is 0 Å². The molecule has 1 heterocycles. The van der Waals surface area contributed by atoms with E-state index in [2.05, 4.69) is 24.1 Å². The van der Waals surface area contributed by atoms with Gasteiger partial charge in [0.2, 0.25) is 5.91 Å². The van der Waals surface area contributed by atoms with Gasteiger partial charge >= 0.3 is 0 Å². The van der Waals surface area contributed by atoms with Crippen LogP contribution in [-0.4, -0.2) is 36.5 Å². The molecule has 0 aromatic heterocycles. The van der Waals surface area contributed by atoms with Crippen LogP contribution in [0.2, 0.25) is 0 Å². The highest BCUT2D eigenvalue weighted by molar-refractivity contribution is 5.83. The van der Waals surface area contributed by atoms with E-state index < -0.39 is 0 Å². The topological polar surface area (TPSA) is 32.3 Å². The Hall–Kier alpha value is -0.570. The van der Waals surface area contributed by atoms with Crippen LogP contribution in [0.15, 0.2) is 0 Å². The van der Waals surface area contributed by atoms with Crippen molar-refractivity contribution in [3.05, 3.63) is 0 Å². The van der Waals surface area contributed by atoms with Crippen molar-refractivity contribution in [1.29, 1.82) is 0 Å². The number of hydrogen-bond donors (Lipinski definition) is 1. The highest BCUT2D eigenvalue weighted by Crippen LogP contribution is 2.37. The van der Waals surface area contributed by atoms with Crippen molar-refractivity contribution in [2.24, 2.45) is 5.41 Å². The number of hydrogen-bond acceptors (Lipinski definition) is 2. The number of piperidine rings is 1. The Morgan fingerprint density at radius 3 is 2.67 bits per heavy atom. The van der Waals surface area contributed by atoms with E-state index in [1.165, 1.54) is 19.3 Å². The van der Waals surface area contributed by atoms with E-state index in [4.69, 9.17) is 0 Å². The number of amides is 1. The zero-order chi connectivity index (χ0) is 13.0. The molecule has 3 nitrogen and oxygen atoms in total. The first-order valence-corrected chi connectivity index (χ1v) is 7.75. The zero-order valence-electron chi connectivity index (χ0n) is 12.0. The lowest BCUT2D eigenvalue weighted by atomic mass is 9.77. The average molecular weight is 252 g/mol. The first-order valence-electron chi connectivity index (χ1n) is 7.75. The number of unbranched alkanes of at least 4 members (excludes halogenated alkanes) is 1. The summed E-state index contributed by atoms with van der Waals surface area (Å²) in [6.07, 6.45) is 7.97. The molecule has 18 heavy (non-hydrogen) atoms. The van der Waals surface area contributed by atoms with Crippen LogP contribution in [0, 0.1) is 5.41 Å². The van der Waals surface area contributed by atoms with E-state index in [1.807, 2.05) is 0 Å². The maximum absolute atomic E-state index is 12.9. The fourth-order valence-electron chi connectivity index (χ4n) is 3.07. The monoisotopic (exact) mass is 252 g/mol. The van der Waals surface area contributed by atoms with Crippen molar-refractivity contribution in [2.75, 3.05) is 19.6 Å². The number of rotatable bonds is 6. The van der Waals surface area contributed by atoms with Crippen LogP contribution in [0.5, 0.6) is 0 Å². The fourth-order valence-corrected chi connectivity index (χ4v) is 3.07. The summed E-state index contributed by atoms with van der Waals surface area (Å²) in [5, 5.41) is 3.43. The predicted molar refractivity (Wildman–Crippen MR) is 74.5 cm³/mol. The molecule has 0 aromatic carbocycles. The second-order valence-corrected chi connectivity index (χ2v) is 6.00. The summed E-state index contributed by atoms with van der Waals surface area (Å²) in [5.74, 6) is 0.438. The molecule has 1 unspecified atom stereocenters. The van der Waals surface area contributed by atoms with E-state index in [9.17, 15) is 4.79 Å². The van der Waals surface area contributed by atoms with Crippen LogP contribution in [-0.2, 0) is 4.79 Å². The lowest BCUT2D eigenvalue weighted by Crippen LogP contribution is -2.52. The Bertz CT molecular complexity index is 280. The highest BCUT2D eigenvalue weighted by Gasteiger charge is 2.44. The SMILES string of the molecule is CCCCN(C(=O)C1(CC)CCCNC1)C1CC1. The number of nitrogens with one attached hydrogen (secondary N) is 1. The summed E-state index contributed by atoms with van der Waals surface area (Å²) < 4.78 is 0. The van der Waals surface area contributed by atoms with Gasteiger partial charge < -0.3 is 10.2 Å². The average Bonchev–Trinajstić information content (AvgIpc) is 3.24. The molecule has 1 amide bonds. The normalized spacial score (nSPS) is 28.1. The van der Waals surface area contributed by atoms with Gasteiger partial charge in [-0.1, -0.05) is 20.3 Å². The minimum Gasteiger partial charge on any atom is -0.339 e. The van der Waals surface area contributed by atoms with E-state index in [-0.39, 0.29) is 5.41 Å². The van der Waals surface area contributed by atoms with Crippen molar-refractivity contribution in [3.8, 4) is 0 Å². The molecule has 1 aliphatic heterocycles. The van der Waals surface area contributed by atoms with Gasteiger partial charge in [-0.15, -0.1) is 0 Å². The molecule has 0 spiro atoms. The summed E-state index contributed by atoms with van der Waals surface area (Å²) in [5.41, 5.74) is -0.103. The van der Waals surface area contributed by atoms with Crippen molar-refractivity contribution in [1.82, 2.24) is 10.2 Å². The molecule has 1 N–H and O–H groups in total. The molecular weight excluding hydrogens is 224 g/mol. The Balaban J connectivity index is 2.04. The van der Waals surface area contributed by atoms with Gasteiger partial charge in [-0.3, -0.25) is 4.79 Å². The lowest BCUT2D eigenvalue weighted by molar-refractivity contribution is -0.144. The molecule has 104 valence electrons. The van der Waals surface area contributed by atoms with Crippen molar-refractivity contribution < 1.29 is 4.79 Å². The van der Waals surface area contributed by atoms with Crippen molar-refractivity contribution in [3.63, 3.8) is 0 Å². The van der Waals surface area contributed by atoms with Gasteiger partial charge in [0, 0.05) is 19.1 Å². The number of nitrogens with zero attached hydrogens (tertiary/aromatic N) is 1. The molecule has 1 saturated carbocycles. The van der Waals surface area contributed by atoms with Gasteiger partial charge in [0.05, 0.1) is 5.41 Å². The van der Waals surface area contributed by atoms with Gasteiger partial charge in [0.25, 0.3) is 0 Å². The van der Waals surface area contributed by atoms with Gasteiger partial charge in [0.15, 0.2) is 0 Å². The molecule has 2 fully saturated rings. The van der Waals surface area contributed by atoms with Crippen molar-refractivity contribution in [2.45, 2.75) is 64.8 Å². The Labute approximate surface area is 111 Å². The van der Waals surface area contributed by atoms with E-state index in [0.717, 1.165) is 45.3 Å². The Morgan fingerprint density at radius 1 is 1.39 bits per heavy atom. The third-order valence-electron chi connectivity index (χ3n) is 4.60. The summed E-state index contributed by atoms with van der Waals surface area (Å²) in [6, 6.07) is 0.564. The largest absolute Gasteiger partial charge is 0.339 e. The molecule has 3 heteroatoms. The van der Waals surface area contributed by atoms with E-state index in [1.54, 1.807) is 0 Å². The van der Waals surface area contributed by atoms with Gasteiger partial charge in [-0.25, -0.2) is 0 Å². The quantitative estimate of drug-likeness (QED) is 0.788. The molecule has 0 radical (unpaired) electrons. The van der Waals surface area contributed by atoms with E-state index in [0.29, 0.717) is 11.9 Å². The first-order chi connectivity index (χ1) is 8.73. The summed E-state index contributed by atoms with van der Waals surface area (Å²) in [6.45, 7) is 7.32. The molecule has 1 aliphatic carbocycles. The van der Waals surface area contributed by atoms with Crippen LogP contribution in [0.4, 0.5) is 0 Å². The number of carbonyl (C=O) groups excluding carboxylic acids is 1. The van der Waals surface area contributed by atoms with E-state index >= 15 is 0 Å². The summed E-state index contributed by atoms with van der Waals surface area (Å²) in [7, 11) is 0. The van der Waals surface area contributed by atoms with Crippen LogP contribution in [0.3, 0.4) is 0 Å². The minimum atomic E-state index is -0.103. The molecule has 1 atom stereocenters. The van der Waals surface area contributed by atoms with Crippen LogP contribution < -0.4 is 5.32 Å². The third-order valence-corrected chi connectivity index (χ3v) is 4.60. The first kappa shape index (κ1) is 13.9. The Kier molecular flexibility index (Phi) is 4.66. The zero-order valence-corrected chi connectivity index (χ0v) is 12.0. The summed E-state index contributed by atoms with van der Waals surface area (Å²) in [4.78, 5) is 15.1. The summed E-state index contributed by atoms with van der Waals surface area (Å²) >= 11 is 0. The lowest BCUT2D eigenvalue weighted by Gasteiger charge is -2.40. The molecular formula is C15H28N2O. The third kappa shape index (κ3) is 2.87.